The van der Waals surface area contributed by atoms with Gasteiger partial charge in [-0.2, -0.15) is 5.10 Å². The van der Waals surface area contributed by atoms with Gasteiger partial charge >= 0.3 is 0 Å². The third kappa shape index (κ3) is 3.89. The highest BCUT2D eigenvalue weighted by molar-refractivity contribution is 9.10. The molecular formula is C19H23BrFN3OSi. The van der Waals surface area contributed by atoms with Crippen molar-refractivity contribution < 1.29 is 8.82 Å². The first-order chi connectivity index (χ1) is 12.2. The second kappa shape index (κ2) is 7.21. The molecule has 0 amide bonds. The van der Waals surface area contributed by atoms with E-state index in [4.69, 9.17) is 9.41 Å². The van der Waals surface area contributed by atoms with Gasteiger partial charge in [0.25, 0.3) is 0 Å². The van der Waals surface area contributed by atoms with Gasteiger partial charge in [-0.1, -0.05) is 42.8 Å². The molecule has 1 atom stereocenters. The normalized spacial score (nSPS) is 13.5. The summed E-state index contributed by atoms with van der Waals surface area (Å²) in [5, 5.41) is 4.82. The molecule has 0 bridgehead atoms. The van der Waals surface area contributed by atoms with Gasteiger partial charge < -0.3 is 4.43 Å². The molecule has 7 heteroatoms. The first-order valence-electron chi connectivity index (χ1n) is 8.62. The first kappa shape index (κ1) is 19.2. The van der Waals surface area contributed by atoms with Gasteiger partial charge in [0.1, 0.15) is 5.82 Å². The van der Waals surface area contributed by atoms with E-state index in [0.29, 0.717) is 21.2 Å². The molecule has 1 unspecified atom stereocenters. The summed E-state index contributed by atoms with van der Waals surface area (Å²) in [6.07, 6.45) is 1.43. The summed E-state index contributed by atoms with van der Waals surface area (Å²) < 4.78 is 22.8. The van der Waals surface area contributed by atoms with Crippen LogP contribution in [0.3, 0.4) is 0 Å². The number of hydrogen-bond acceptors (Lipinski definition) is 3. The minimum absolute atomic E-state index is 0.0792. The standard InChI is InChI=1S/C19H23BrFN3OSi/c1-19(2,3)18(25-26(4)5)15-7-6-8-17(23-15)24-16-10-12(20)9-14(21)13(16)11-22-24/h6-11,18,26H,1-5H3. The molecule has 2 heterocycles. The number of halogens is 2. The maximum atomic E-state index is 14.2. The Bertz CT molecular complexity index is 936. The fraction of sp³-hybridized carbons (Fsp3) is 0.368. The fourth-order valence-electron chi connectivity index (χ4n) is 2.93. The number of pyridine rings is 1. The van der Waals surface area contributed by atoms with Gasteiger partial charge in [-0.15, -0.1) is 0 Å². The van der Waals surface area contributed by atoms with Crippen LogP contribution >= 0.6 is 15.9 Å². The van der Waals surface area contributed by atoms with Crippen LogP contribution in [0.1, 0.15) is 32.6 Å². The molecule has 0 radical (unpaired) electrons. The SMILES string of the molecule is C[SiH](C)OC(c1cccc(-n2ncc3c(F)cc(Br)cc32)n1)C(C)(C)C. The highest BCUT2D eigenvalue weighted by atomic mass is 79.9. The number of benzene rings is 1. The lowest BCUT2D eigenvalue weighted by Gasteiger charge is -2.32. The zero-order valence-electron chi connectivity index (χ0n) is 15.6. The number of nitrogens with zero attached hydrogens (tertiary/aromatic N) is 3. The first-order valence-corrected chi connectivity index (χ1v) is 12.2. The van der Waals surface area contributed by atoms with Crippen LogP contribution in [-0.2, 0) is 4.43 Å². The molecule has 0 aliphatic carbocycles. The zero-order chi connectivity index (χ0) is 19.1. The summed E-state index contributed by atoms with van der Waals surface area (Å²) in [4.78, 5) is 4.80. The molecule has 3 aromatic rings. The lowest BCUT2D eigenvalue weighted by Crippen LogP contribution is -2.27. The van der Waals surface area contributed by atoms with Crippen molar-refractivity contribution in [2.45, 2.75) is 40.0 Å². The molecule has 138 valence electrons. The van der Waals surface area contributed by atoms with Gasteiger partial charge in [0, 0.05) is 4.47 Å². The van der Waals surface area contributed by atoms with E-state index in [2.05, 4.69) is 54.9 Å². The second-order valence-corrected chi connectivity index (χ2v) is 11.0. The molecule has 0 fully saturated rings. The fourth-order valence-corrected chi connectivity index (χ4v) is 4.44. The predicted molar refractivity (Wildman–Crippen MR) is 109 cm³/mol. The Morgan fingerprint density at radius 2 is 1.96 bits per heavy atom. The van der Waals surface area contributed by atoms with Gasteiger partial charge in [-0.25, -0.2) is 14.1 Å². The van der Waals surface area contributed by atoms with Crippen molar-refractivity contribution in [2.24, 2.45) is 5.41 Å². The zero-order valence-corrected chi connectivity index (χ0v) is 18.4. The van der Waals surface area contributed by atoms with Gasteiger partial charge in [0.05, 0.1) is 28.9 Å². The van der Waals surface area contributed by atoms with Crippen molar-refractivity contribution in [2.75, 3.05) is 0 Å². The molecule has 0 spiro atoms. The largest absolute Gasteiger partial charge is 0.412 e. The van der Waals surface area contributed by atoms with E-state index < -0.39 is 9.04 Å². The van der Waals surface area contributed by atoms with Crippen LogP contribution in [0.4, 0.5) is 4.39 Å². The number of fused-ring (bicyclic) bond motifs is 1. The Labute approximate surface area is 163 Å². The minimum atomic E-state index is -1.25. The topological polar surface area (TPSA) is 39.9 Å². The van der Waals surface area contributed by atoms with Crippen molar-refractivity contribution in [3.05, 3.63) is 52.5 Å². The summed E-state index contributed by atoms with van der Waals surface area (Å²) in [7, 11) is -1.25. The average Bonchev–Trinajstić information content (AvgIpc) is 2.95. The highest BCUT2D eigenvalue weighted by Gasteiger charge is 2.29. The van der Waals surface area contributed by atoms with Crippen molar-refractivity contribution in [3.8, 4) is 5.82 Å². The third-order valence-corrected chi connectivity index (χ3v) is 5.31. The van der Waals surface area contributed by atoms with E-state index in [1.807, 2.05) is 24.3 Å². The van der Waals surface area contributed by atoms with E-state index in [9.17, 15) is 4.39 Å². The molecule has 0 N–H and O–H groups in total. The number of aromatic nitrogens is 3. The molecular weight excluding hydrogens is 413 g/mol. The molecule has 0 aliphatic heterocycles. The summed E-state index contributed by atoms with van der Waals surface area (Å²) in [6.45, 7) is 10.8. The Hall–Kier alpha value is -1.57. The monoisotopic (exact) mass is 435 g/mol. The van der Waals surface area contributed by atoms with Crippen LogP contribution in [0.25, 0.3) is 16.7 Å². The highest BCUT2D eigenvalue weighted by Crippen LogP contribution is 2.36. The van der Waals surface area contributed by atoms with Crippen LogP contribution in [0.2, 0.25) is 13.1 Å². The van der Waals surface area contributed by atoms with Crippen molar-refractivity contribution in [3.63, 3.8) is 0 Å². The van der Waals surface area contributed by atoms with E-state index in [0.717, 1.165) is 5.69 Å². The molecule has 3 rings (SSSR count). The predicted octanol–water partition coefficient (Wildman–Crippen LogP) is 5.41. The Kier molecular flexibility index (Phi) is 5.32. The average molecular weight is 436 g/mol. The van der Waals surface area contributed by atoms with Gasteiger partial charge in [0.2, 0.25) is 0 Å². The molecule has 1 aromatic carbocycles. The maximum absolute atomic E-state index is 14.2. The van der Waals surface area contributed by atoms with Crippen LogP contribution < -0.4 is 0 Å². The van der Waals surface area contributed by atoms with Crippen LogP contribution in [0, 0.1) is 11.2 Å². The summed E-state index contributed by atoms with van der Waals surface area (Å²) in [6, 6.07) is 9.09. The lowest BCUT2D eigenvalue weighted by molar-refractivity contribution is 0.0827. The lowest BCUT2D eigenvalue weighted by atomic mass is 9.87. The van der Waals surface area contributed by atoms with E-state index in [1.165, 1.54) is 12.3 Å². The van der Waals surface area contributed by atoms with Crippen LogP contribution in [-0.4, -0.2) is 23.8 Å². The quantitative estimate of drug-likeness (QED) is 0.514. The van der Waals surface area contributed by atoms with Gasteiger partial charge in [-0.05, 0) is 42.8 Å². The van der Waals surface area contributed by atoms with Crippen molar-refractivity contribution in [1.82, 2.24) is 14.8 Å². The van der Waals surface area contributed by atoms with Gasteiger partial charge in [-0.3, -0.25) is 0 Å². The van der Waals surface area contributed by atoms with Crippen molar-refractivity contribution >= 4 is 35.9 Å². The van der Waals surface area contributed by atoms with Crippen LogP contribution in [0.5, 0.6) is 0 Å². The Morgan fingerprint density at radius 3 is 2.62 bits per heavy atom. The molecule has 26 heavy (non-hydrogen) atoms. The van der Waals surface area contributed by atoms with Gasteiger partial charge in [0.15, 0.2) is 14.9 Å². The van der Waals surface area contributed by atoms with Crippen molar-refractivity contribution in [1.29, 1.82) is 0 Å². The smallest absolute Gasteiger partial charge is 0.171 e. The molecule has 4 nitrogen and oxygen atoms in total. The van der Waals surface area contributed by atoms with E-state index in [-0.39, 0.29) is 17.3 Å². The molecule has 0 saturated heterocycles. The Balaban J connectivity index is 2.10. The summed E-state index contributed by atoms with van der Waals surface area (Å²) in [5.41, 5.74) is 1.47. The number of hydrogen-bond donors (Lipinski definition) is 0. The van der Waals surface area contributed by atoms with E-state index in [1.54, 1.807) is 4.68 Å². The number of rotatable bonds is 4. The molecule has 0 saturated carbocycles. The molecule has 0 aliphatic rings. The molecule has 2 aromatic heterocycles. The van der Waals surface area contributed by atoms with E-state index >= 15 is 0 Å². The second-order valence-electron chi connectivity index (χ2n) is 7.73. The maximum Gasteiger partial charge on any atom is 0.171 e. The van der Waals surface area contributed by atoms with Crippen LogP contribution in [0.15, 0.2) is 41.0 Å². The third-order valence-electron chi connectivity index (χ3n) is 4.04. The summed E-state index contributed by atoms with van der Waals surface area (Å²) >= 11 is 3.35. The Morgan fingerprint density at radius 1 is 1.23 bits per heavy atom. The minimum Gasteiger partial charge on any atom is -0.412 e. The summed E-state index contributed by atoms with van der Waals surface area (Å²) in [5.74, 6) is 0.344.